The quantitative estimate of drug-likeness (QED) is 0.686. The van der Waals surface area contributed by atoms with E-state index in [1.54, 1.807) is 12.1 Å². The van der Waals surface area contributed by atoms with Gasteiger partial charge in [0.05, 0.1) is 11.0 Å². The van der Waals surface area contributed by atoms with Crippen LogP contribution in [0.25, 0.3) is 11.0 Å². The van der Waals surface area contributed by atoms with E-state index in [9.17, 15) is 9.18 Å². The maximum Gasteiger partial charge on any atom is 0.323 e. The van der Waals surface area contributed by atoms with Crippen LogP contribution in [-0.2, 0) is 6.54 Å². The molecule has 0 saturated heterocycles. The molecule has 2 aromatic carbocycles. The summed E-state index contributed by atoms with van der Waals surface area (Å²) in [6.07, 6.45) is 0. The molecule has 0 bridgehead atoms. The third-order valence-electron chi connectivity index (χ3n) is 3.26. The summed E-state index contributed by atoms with van der Waals surface area (Å²) in [4.78, 5) is 16.7. The smallest absolute Gasteiger partial charge is 0.323 e. The van der Waals surface area contributed by atoms with Gasteiger partial charge >= 0.3 is 5.69 Å². The maximum absolute atomic E-state index is 12.8. The van der Waals surface area contributed by atoms with E-state index < -0.39 is 0 Å². The van der Waals surface area contributed by atoms with Crippen molar-refractivity contribution < 1.29 is 4.39 Å². The highest BCUT2D eigenvalue weighted by Gasteiger charge is 2.04. The van der Waals surface area contributed by atoms with Crippen molar-refractivity contribution in [2.24, 2.45) is 0 Å². The summed E-state index contributed by atoms with van der Waals surface area (Å²) < 4.78 is 12.8. The molecule has 3 N–H and O–H groups in total. The molecule has 3 aromatic rings. The van der Waals surface area contributed by atoms with Crippen LogP contribution in [0.5, 0.6) is 0 Å². The van der Waals surface area contributed by atoms with Gasteiger partial charge in [-0.1, -0.05) is 12.1 Å². The molecule has 102 valence electrons. The fraction of sp³-hybridized carbons (Fsp3) is 0.133. The summed E-state index contributed by atoms with van der Waals surface area (Å²) in [5.41, 5.74) is 4.32. The first-order valence-corrected chi connectivity index (χ1v) is 6.33. The van der Waals surface area contributed by atoms with Gasteiger partial charge in [0.1, 0.15) is 5.82 Å². The minimum absolute atomic E-state index is 0.213. The molecule has 0 unspecified atom stereocenters. The van der Waals surface area contributed by atoms with Crippen LogP contribution in [0.15, 0.2) is 41.2 Å². The number of benzene rings is 2. The number of anilines is 1. The summed E-state index contributed by atoms with van der Waals surface area (Å²) in [7, 11) is 0. The molecule has 5 heteroatoms. The van der Waals surface area contributed by atoms with Gasteiger partial charge in [0.15, 0.2) is 0 Å². The lowest BCUT2D eigenvalue weighted by Crippen LogP contribution is -2.01. The van der Waals surface area contributed by atoms with Crippen LogP contribution in [0.1, 0.15) is 11.1 Å². The molecule has 0 radical (unpaired) electrons. The molecule has 0 fully saturated rings. The number of aromatic amines is 2. The van der Waals surface area contributed by atoms with Crippen molar-refractivity contribution in [3.05, 3.63) is 63.8 Å². The minimum atomic E-state index is -0.240. The Bertz CT molecular complexity index is 802. The zero-order valence-corrected chi connectivity index (χ0v) is 11.0. The lowest BCUT2D eigenvalue weighted by Gasteiger charge is -2.10. The van der Waals surface area contributed by atoms with E-state index in [1.807, 2.05) is 19.1 Å². The summed E-state index contributed by atoms with van der Waals surface area (Å²) in [6, 6.07) is 10.2. The topological polar surface area (TPSA) is 60.7 Å². The standard InChI is InChI=1S/C15H14FN3O/c1-9-6-13-14(19-15(20)18-13)7-12(9)17-8-10-2-4-11(16)5-3-10/h2-7,17H,8H2,1H3,(H2,18,19,20). The maximum atomic E-state index is 12.8. The number of aromatic nitrogens is 2. The molecule has 20 heavy (non-hydrogen) atoms. The number of imidazole rings is 1. The van der Waals surface area contributed by atoms with E-state index in [0.717, 1.165) is 27.8 Å². The number of aryl methyl sites for hydroxylation is 1. The molecule has 0 spiro atoms. The van der Waals surface area contributed by atoms with Gasteiger partial charge in [0.25, 0.3) is 0 Å². The average Bonchev–Trinajstić information content (AvgIpc) is 2.77. The molecule has 1 heterocycles. The third kappa shape index (κ3) is 2.42. The van der Waals surface area contributed by atoms with Gasteiger partial charge in [0.2, 0.25) is 0 Å². The zero-order chi connectivity index (χ0) is 14.1. The second-order valence-corrected chi connectivity index (χ2v) is 4.77. The summed E-state index contributed by atoms with van der Waals surface area (Å²) >= 11 is 0. The molecule has 0 aliphatic carbocycles. The van der Waals surface area contributed by atoms with E-state index in [-0.39, 0.29) is 11.5 Å². The van der Waals surface area contributed by atoms with Crippen molar-refractivity contribution in [2.45, 2.75) is 13.5 Å². The molecule has 0 aliphatic rings. The highest BCUT2D eigenvalue weighted by Crippen LogP contribution is 2.21. The number of hydrogen-bond acceptors (Lipinski definition) is 2. The van der Waals surface area contributed by atoms with Crippen molar-refractivity contribution in [1.29, 1.82) is 0 Å². The van der Waals surface area contributed by atoms with Crippen LogP contribution in [0, 0.1) is 12.7 Å². The Morgan fingerprint density at radius 1 is 1.10 bits per heavy atom. The number of rotatable bonds is 3. The monoisotopic (exact) mass is 271 g/mol. The predicted molar refractivity (Wildman–Crippen MR) is 77.4 cm³/mol. The van der Waals surface area contributed by atoms with Crippen molar-refractivity contribution in [3.63, 3.8) is 0 Å². The number of halogens is 1. The fourth-order valence-corrected chi connectivity index (χ4v) is 2.18. The zero-order valence-electron chi connectivity index (χ0n) is 11.0. The number of fused-ring (bicyclic) bond motifs is 1. The first-order chi connectivity index (χ1) is 9.61. The Morgan fingerprint density at radius 2 is 1.75 bits per heavy atom. The number of hydrogen-bond donors (Lipinski definition) is 3. The molecule has 0 atom stereocenters. The van der Waals surface area contributed by atoms with Crippen LogP contribution in [-0.4, -0.2) is 9.97 Å². The van der Waals surface area contributed by atoms with Crippen molar-refractivity contribution in [1.82, 2.24) is 9.97 Å². The molecule has 3 rings (SSSR count). The van der Waals surface area contributed by atoms with Gasteiger partial charge in [-0.05, 0) is 42.3 Å². The lowest BCUT2D eigenvalue weighted by molar-refractivity contribution is 0.627. The third-order valence-corrected chi connectivity index (χ3v) is 3.26. The van der Waals surface area contributed by atoms with Gasteiger partial charge in [-0.25, -0.2) is 9.18 Å². The van der Waals surface area contributed by atoms with E-state index in [1.165, 1.54) is 12.1 Å². The average molecular weight is 271 g/mol. The summed E-state index contributed by atoms with van der Waals surface area (Å²) in [5, 5.41) is 3.29. The number of H-pyrrole nitrogens is 2. The molecule has 0 saturated carbocycles. The van der Waals surface area contributed by atoms with Gasteiger partial charge in [0, 0.05) is 12.2 Å². The van der Waals surface area contributed by atoms with Crippen molar-refractivity contribution >= 4 is 16.7 Å². The van der Waals surface area contributed by atoms with Crippen LogP contribution in [0.3, 0.4) is 0 Å². The Labute approximate surface area is 114 Å². The lowest BCUT2D eigenvalue weighted by atomic mass is 10.1. The highest BCUT2D eigenvalue weighted by atomic mass is 19.1. The van der Waals surface area contributed by atoms with E-state index in [0.29, 0.717) is 6.54 Å². The molecular weight excluding hydrogens is 257 g/mol. The van der Waals surface area contributed by atoms with Gasteiger partial charge in [-0.15, -0.1) is 0 Å². The van der Waals surface area contributed by atoms with Gasteiger partial charge in [-0.2, -0.15) is 0 Å². The van der Waals surface area contributed by atoms with Crippen molar-refractivity contribution in [3.8, 4) is 0 Å². The summed E-state index contributed by atoms with van der Waals surface area (Å²) in [6.45, 7) is 2.57. The molecular formula is C15H14FN3O. The fourth-order valence-electron chi connectivity index (χ4n) is 2.18. The van der Waals surface area contributed by atoms with Crippen LogP contribution >= 0.6 is 0 Å². The number of nitrogens with one attached hydrogen (secondary N) is 3. The second kappa shape index (κ2) is 4.85. The first kappa shape index (κ1) is 12.5. The molecule has 1 aromatic heterocycles. The molecule has 0 aliphatic heterocycles. The van der Waals surface area contributed by atoms with Crippen LogP contribution in [0.2, 0.25) is 0 Å². The Balaban J connectivity index is 1.84. The minimum Gasteiger partial charge on any atom is -0.381 e. The van der Waals surface area contributed by atoms with E-state index in [4.69, 9.17) is 0 Å². The first-order valence-electron chi connectivity index (χ1n) is 6.33. The van der Waals surface area contributed by atoms with Crippen LogP contribution in [0.4, 0.5) is 10.1 Å². The van der Waals surface area contributed by atoms with Crippen molar-refractivity contribution in [2.75, 3.05) is 5.32 Å². The second-order valence-electron chi connectivity index (χ2n) is 4.77. The summed E-state index contributed by atoms with van der Waals surface area (Å²) in [5.74, 6) is -0.240. The molecule has 4 nitrogen and oxygen atoms in total. The van der Waals surface area contributed by atoms with Gasteiger partial charge < -0.3 is 15.3 Å². The highest BCUT2D eigenvalue weighted by molar-refractivity contribution is 5.80. The SMILES string of the molecule is Cc1cc2[nH]c(=O)[nH]c2cc1NCc1ccc(F)cc1. The Kier molecular flexibility index (Phi) is 3.02. The molecule has 0 amide bonds. The van der Waals surface area contributed by atoms with E-state index >= 15 is 0 Å². The Hall–Kier alpha value is -2.56. The Morgan fingerprint density at radius 3 is 2.45 bits per heavy atom. The largest absolute Gasteiger partial charge is 0.381 e. The predicted octanol–water partition coefficient (Wildman–Crippen LogP) is 2.92. The van der Waals surface area contributed by atoms with Gasteiger partial charge in [-0.3, -0.25) is 0 Å². The van der Waals surface area contributed by atoms with E-state index in [2.05, 4.69) is 15.3 Å². The normalized spacial score (nSPS) is 10.9. The van der Waals surface area contributed by atoms with Crippen LogP contribution < -0.4 is 11.0 Å².